The number of rotatable bonds is 3. The molecular formula is C16H17BrClNO. The topological polar surface area (TPSA) is 35.2 Å². The van der Waals surface area contributed by atoms with Crippen molar-refractivity contribution in [3.05, 3.63) is 56.5 Å². The van der Waals surface area contributed by atoms with Gasteiger partial charge in [0, 0.05) is 21.1 Å². The van der Waals surface area contributed by atoms with E-state index in [9.17, 15) is 0 Å². The summed E-state index contributed by atoms with van der Waals surface area (Å²) in [6.45, 7) is 5.87. The minimum absolute atomic E-state index is 0.100. The summed E-state index contributed by atoms with van der Waals surface area (Å²) in [7, 11) is 0. The van der Waals surface area contributed by atoms with E-state index in [4.69, 9.17) is 22.1 Å². The standard InChI is InChI=1S/C16H17BrClNO/c1-9-6-13(7-10(2)16(9)18)20-15-5-4-12(17)8-14(15)11(3)19/h4-8,11H,19H2,1-3H3. The van der Waals surface area contributed by atoms with Crippen molar-refractivity contribution in [2.24, 2.45) is 5.73 Å². The summed E-state index contributed by atoms with van der Waals surface area (Å²) in [4.78, 5) is 0. The first kappa shape index (κ1) is 15.4. The first-order valence-corrected chi connectivity index (χ1v) is 7.55. The average Bonchev–Trinajstić information content (AvgIpc) is 2.37. The minimum atomic E-state index is -0.100. The Morgan fingerprint density at radius 3 is 2.30 bits per heavy atom. The molecule has 20 heavy (non-hydrogen) atoms. The van der Waals surface area contributed by atoms with Crippen molar-refractivity contribution in [2.75, 3.05) is 0 Å². The van der Waals surface area contributed by atoms with Crippen molar-refractivity contribution in [1.82, 2.24) is 0 Å². The van der Waals surface area contributed by atoms with E-state index in [-0.39, 0.29) is 6.04 Å². The van der Waals surface area contributed by atoms with E-state index in [2.05, 4.69) is 15.9 Å². The monoisotopic (exact) mass is 353 g/mol. The van der Waals surface area contributed by atoms with Gasteiger partial charge in [0.05, 0.1) is 0 Å². The molecule has 2 N–H and O–H groups in total. The first-order valence-electron chi connectivity index (χ1n) is 6.38. The number of benzene rings is 2. The van der Waals surface area contributed by atoms with Gasteiger partial charge >= 0.3 is 0 Å². The lowest BCUT2D eigenvalue weighted by Gasteiger charge is -2.15. The highest BCUT2D eigenvalue weighted by molar-refractivity contribution is 9.10. The molecule has 4 heteroatoms. The minimum Gasteiger partial charge on any atom is -0.457 e. The predicted molar refractivity (Wildman–Crippen MR) is 87.7 cm³/mol. The molecule has 0 aliphatic carbocycles. The molecule has 0 aromatic heterocycles. The number of ether oxygens (including phenoxy) is 1. The van der Waals surface area contributed by atoms with Gasteiger partial charge in [-0.3, -0.25) is 0 Å². The van der Waals surface area contributed by atoms with Gasteiger partial charge in [-0.25, -0.2) is 0 Å². The number of nitrogens with two attached hydrogens (primary N) is 1. The molecule has 106 valence electrons. The van der Waals surface area contributed by atoms with Gasteiger partial charge in [-0.2, -0.15) is 0 Å². The molecule has 2 rings (SSSR count). The summed E-state index contributed by atoms with van der Waals surface area (Å²) in [6, 6.07) is 9.61. The maximum atomic E-state index is 6.17. The van der Waals surface area contributed by atoms with E-state index in [0.717, 1.165) is 37.7 Å². The van der Waals surface area contributed by atoms with E-state index in [0.29, 0.717) is 0 Å². The van der Waals surface area contributed by atoms with Crippen LogP contribution < -0.4 is 10.5 Å². The van der Waals surface area contributed by atoms with Crippen molar-refractivity contribution in [3.63, 3.8) is 0 Å². The average molecular weight is 355 g/mol. The smallest absolute Gasteiger partial charge is 0.132 e. The Bertz CT molecular complexity index is 617. The number of hydrogen-bond acceptors (Lipinski definition) is 2. The lowest BCUT2D eigenvalue weighted by Crippen LogP contribution is -2.06. The van der Waals surface area contributed by atoms with Crippen LogP contribution in [0.4, 0.5) is 0 Å². The van der Waals surface area contributed by atoms with Crippen LogP contribution in [0.3, 0.4) is 0 Å². The Balaban J connectivity index is 2.40. The molecule has 0 spiro atoms. The Morgan fingerprint density at radius 2 is 1.75 bits per heavy atom. The van der Waals surface area contributed by atoms with Gasteiger partial charge in [0.1, 0.15) is 11.5 Å². The molecule has 0 amide bonds. The molecule has 0 aliphatic rings. The molecule has 0 heterocycles. The van der Waals surface area contributed by atoms with Crippen molar-refractivity contribution >= 4 is 27.5 Å². The van der Waals surface area contributed by atoms with E-state index in [1.807, 2.05) is 51.1 Å². The van der Waals surface area contributed by atoms with Crippen LogP contribution in [0.15, 0.2) is 34.8 Å². The lowest BCUT2D eigenvalue weighted by molar-refractivity contribution is 0.471. The fourth-order valence-electron chi connectivity index (χ4n) is 2.06. The second-order valence-electron chi connectivity index (χ2n) is 4.94. The van der Waals surface area contributed by atoms with Crippen molar-refractivity contribution in [2.45, 2.75) is 26.8 Å². The van der Waals surface area contributed by atoms with Crippen LogP contribution in [0, 0.1) is 13.8 Å². The van der Waals surface area contributed by atoms with Crippen LogP contribution in [0.1, 0.15) is 29.7 Å². The third-order valence-corrected chi connectivity index (χ3v) is 4.19. The molecule has 0 aliphatic heterocycles. The molecule has 0 saturated heterocycles. The van der Waals surface area contributed by atoms with Gasteiger partial charge < -0.3 is 10.5 Å². The zero-order valence-corrected chi connectivity index (χ0v) is 14.0. The van der Waals surface area contributed by atoms with Gasteiger partial charge in [0.2, 0.25) is 0 Å². The summed E-state index contributed by atoms with van der Waals surface area (Å²) in [5.41, 5.74) is 8.96. The Kier molecular flexibility index (Phi) is 4.74. The van der Waals surface area contributed by atoms with Crippen LogP contribution in [0.5, 0.6) is 11.5 Å². The SMILES string of the molecule is Cc1cc(Oc2ccc(Br)cc2C(C)N)cc(C)c1Cl. The van der Waals surface area contributed by atoms with Gasteiger partial charge in [-0.1, -0.05) is 27.5 Å². The quantitative estimate of drug-likeness (QED) is 0.786. The molecule has 2 aromatic carbocycles. The van der Waals surface area contributed by atoms with Crippen molar-refractivity contribution in [3.8, 4) is 11.5 Å². The summed E-state index contributed by atoms with van der Waals surface area (Å²) in [5, 5.41) is 0.778. The molecule has 1 unspecified atom stereocenters. The van der Waals surface area contributed by atoms with Crippen LogP contribution >= 0.6 is 27.5 Å². The largest absolute Gasteiger partial charge is 0.457 e. The summed E-state index contributed by atoms with van der Waals surface area (Å²) >= 11 is 9.63. The van der Waals surface area contributed by atoms with E-state index >= 15 is 0 Å². The molecule has 0 bridgehead atoms. The molecular weight excluding hydrogens is 338 g/mol. The Labute approximate surface area is 133 Å². The molecule has 0 saturated carbocycles. The maximum absolute atomic E-state index is 6.17. The van der Waals surface area contributed by atoms with Crippen LogP contribution in [-0.4, -0.2) is 0 Å². The van der Waals surface area contributed by atoms with Crippen molar-refractivity contribution < 1.29 is 4.74 Å². The molecule has 0 radical (unpaired) electrons. The highest BCUT2D eigenvalue weighted by Crippen LogP contribution is 2.33. The fourth-order valence-corrected chi connectivity index (χ4v) is 2.55. The predicted octanol–water partition coefficient (Wildman–Crippen LogP) is 5.53. The fraction of sp³-hybridized carbons (Fsp3) is 0.250. The normalized spacial score (nSPS) is 12.3. The second kappa shape index (κ2) is 6.17. The molecule has 0 fully saturated rings. The number of hydrogen-bond donors (Lipinski definition) is 1. The molecule has 2 nitrogen and oxygen atoms in total. The van der Waals surface area contributed by atoms with E-state index < -0.39 is 0 Å². The van der Waals surface area contributed by atoms with Crippen LogP contribution in [0.25, 0.3) is 0 Å². The summed E-state index contributed by atoms with van der Waals surface area (Å²) in [5.74, 6) is 1.54. The first-order chi connectivity index (χ1) is 9.38. The van der Waals surface area contributed by atoms with E-state index in [1.165, 1.54) is 0 Å². The zero-order valence-electron chi connectivity index (χ0n) is 11.7. The third-order valence-electron chi connectivity index (χ3n) is 3.10. The van der Waals surface area contributed by atoms with E-state index in [1.54, 1.807) is 0 Å². The van der Waals surface area contributed by atoms with Crippen LogP contribution in [0.2, 0.25) is 5.02 Å². The van der Waals surface area contributed by atoms with Crippen LogP contribution in [-0.2, 0) is 0 Å². The lowest BCUT2D eigenvalue weighted by atomic mass is 10.1. The zero-order chi connectivity index (χ0) is 14.9. The summed E-state index contributed by atoms with van der Waals surface area (Å²) in [6.07, 6.45) is 0. The highest BCUT2D eigenvalue weighted by Gasteiger charge is 2.11. The highest BCUT2D eigenvalue weighted by atomic mass is 79.9. The van der Waals surface area contributed by atoms with Gasteiger partial charge in [0.25, 0.3) is 0 Å². The summed E-state index contributed by atoms with van der Waals surface area (Å²) < 4.78 is 6.97. The van der Waals surface area contributed by atoms with Crippen molar-refractivity contribution in [1.29, 1.82) is 0 Å². The number of aryl methyl sites for hydroxylation is 2. The Morgan fingerprint density at radius 1 is 1.15 bits per heavy atom. The van der Waals surface area contributed by atoms with Gasteiger partial charge in [-0.05, 0) is 62.2 Å². The molecule has 2 aromatic rings. The maximum Gasteiger partial charge on any atom is 0.132 e. The number of halogens is 2. The second-order valence-corrected chi connectivity index (χ2v) is 6.24. The van der Waals surface area contributed by atoms with Gasteiger partial charge in [0.15, 0.2) is 0 Å². The Hall–Kier alpha value is -1.03. The molecule has 1 atom stereocenters. The third kappa shape index (κ3) is 3.35. The van der Waals surface area contributed by atoms with Gasteiger partial charge in [-0.15, -0.1) is 0 Å².